The van der Waals surface area contributed by atoms with Gasteiger partial charge in [0.05, 0.1) is 0 Å². The van der Waals surface area contributed by atoms with Gasteiger partial charge < -0.3 is 25.5 Å². The third kappa shape index (κ3) is 17.6. The van der Waals surface area contributed by atoms with Crippen molar-refractivity contribution >= 4 is 11.9 Å². The third-order valence-corrected chi connectivity index (χ3v) is 7.41. The zero-order chi connectivity index (χ0) is 34.2. The van der Waals surface area contributed by atoms with Crippen molar-refractivity contribution in [3.8, 4) is 17.2 Å². The lowest BCUT2D eigenvalue weighted by atomic mass is 9.66. The van der Waals surface area contributed by atoms with Crippen molar-refractivity contribution in [3.63, 3.8) is 0 Å². The number of para-hydroxylation sites is 2. The third-order valence-electron chi connectivity index (χ3n) is 7.41. The number of carboxylic acid groups (broad SMARTS) is 2. The Morgan fingerprint density at radius 3 is 1.58 bits per heavy atom. The fraction of sp³-hybridized carbons (Fsp3) is 0.421. The van der Waals surface area contributed by atoms with E-state index in [2.05, 4.69) is 46.8 Å². The van der Waals surface area contributed by atoms with Crippen molar-refractivity contribution < 1.29 is 35.1 Å². The molecular weight excluding hydrogens is 568 g/mol. The quantitative estimate of drug-likeness (QED) is 0.183. The summed E-state index contributed by atoms with van der Waals surface area (Å²) in [6.07, 6.45) is 5.60. The average molecular weight is 621 g/mol. The van der Waals surface area contributed by atoms with E-state index in [0.717, 1.165) is 17.9 Å². The Kier molecular flexibility index (Phi) is 16.0. The number of hydrogen-bond acceptors (Lipinski definition) is 5. The molecule has 0 saturated heterocycles. The Balaban J connectivity index is 0.000000308. The number of rotatable bonds is 1. The Labute approximate surface area is 268 Å². The second-order valence-electron chi connectivity index (χ2n) is 13.6. The molecule has 2 unspecified atom stereocenters. The average Bonchev–Trinajstić information content (AvgIpc) is 2.89. The minimum Gasteiger partial charge on any atom is -0.508 e. The predicted octanol–water partition coefficient (Wildman–Crippen LogP) is 9.96. The largest absolute Gasteiger partial charge is 0.508 e. The first-order valence-electron chi connectivity index (χ1n) is 15.3. The topological polar surface area (TPSA) is 135 Å². The SMILES string of the molecule is CC1=CC(=O)CC(C)(C)C1.Cc1cc(C2CC(C)CC(C)(C)C2)ccc1O.O=C(O)O.Oc1ccccc1.Oc1ccccc1. The van der Waals surface area contributed by atoms with Crippen LogP contribution in [-0.4, -0.2) is 37.5 Å². The van der Waals surface area contributed by atoms with Gasteiger partial charge in [-0.1, -0.05) is 88.7 Å². The van der Waals surface area contributed by atoms with Gasteiger partial charge in [-0.3, -0.25) is 4.79 Å². The number of carbonyl (C=O) groups excluding carboxylic acids is 1. The van der Waals surface area contributed by atoms with Crippen LogP contribution in [0.2, 0.25) is 0 Å². The molecule has 2 atom stereocenters. The molecule has 5 N–H and O–H groups in total. The molecule has 1 saturated carbocycles. The highest BCUT2D eigenvalue weighted by Gasteiger charge is 2.32. The van der Waals surface area contributed by atoms with Gasteiger partial charge in [-0.25, -0.2) is 4.79 Å². The molecule has 0 amide bonds. The molecule has 0 radical (unpaired) electrons. The first-order valence-corrected chi connectivity index (χ1v) is 15.3. The number of aryl methyl sites for hydroxylation is 1. The van der Waals surface area contributed by atoms with E-state index in [1.54, 1.807) is 54.6 Å². The second-order valence-corrected chi connectivity index (χ2v) is 13.6. The summed E-state index contributed by atoms with van der Waals surface area (Å²) in [5.74, 6) is 2.81. The van der Waals surface area contributed by atoms with E-state index < -0.39 is 6.16 Å². The zero-order valence-electron chi connectivity index (χ0n) is 27.8. The summed E-state index contributed by atoms with van der Waals surface area (Å²) in [6, 6.07) is 23.5. The van der Waals surface area contributed by atoms with Crippen LogP contribution in [0.15, 0.2) is 90.5 Å². The highest BCUT2D eigenvalue weighted by atomic mass is 16.6. The molecule has 246 valence electrons. The number of ketones is 1. The van der Waals surface area contributed by atoms with Crippen LogP contribution < -0.4 is 0 Å². The number of phenols is 3. The van der Waals surface area contributed by atoms with Gasteiger partial charge >= 0.3 is 6.16 Å². The number of allylic oxidation sites excluding steroid dienone is 2. The Morgan fingerprint density at radius 1 is 0.733 bits per heavy atom. The summed E-state index contributed by atoms with van der Waals surface area (Å²) < 4.78 is 0. The number of aromatic hydroxyl groups is 3. The maximum atomic E-state index is 11.0. The van der Waals surface area contributed by atoms with Crippen molar-refractivity contribution in [1.82, 2.24) is 0 Å². The van der Waals surface area contributed by atoms with Crippen molar-refractivity contribution in [2.45, 2.75) is 86.5 Å². The van der Waals surface area contributed by atoms with E-state index >= 15 is 0 Å². The first kappa shape index (κ1) is 38.8. The van der Waals surface area contributed by atoms with Crippen LogP contribution in [0.4, 0.5) is 4.79 Å². The molecule has 0 aliphatic heterocycles. The summed E-state index contributed by atoms with van der Waals surface area (Å²) in [4.78, 5) is 19.6. The fourth-order valence-electron chi connectivity index (χ4n) is 6.05. The molecule has 1 fully saturated rings. The van der Waals surface area contributed by atoms with Crippen LogP contribution >= 0.6 is 0 Å². The van der Waals surface area contributed by atoms with E-state index in [-0.39, 0.29) is 11.2 Å². The summed E-state index contributed by atoms with van der Waals surface area (Å²) in [7, 11) is 0. The monoisotopic (exact) mass is 620 g/mol. The van der Waals surface area contributed by atoms with Crippen LogP contribution in [0.5, 0.6) is 17.2 Å². The smallest absolute Gasteiger partial charge is 0.503 e. The molecule has 3 aromatic carbocycles. The molecule has 3 aromatic rings. The molecule has 2 aliphatic carbocycles. The van der Waals surface area contributed by atoms with Crippen LogP contribution in [0.25, 0.3) is 0 Å². The van der Waals surface area contributed by atoms with Crippen LogP contribution in [0.3, 0.4) is 0 Å². The lowest BCUT2D eigenvalue weighted by molar-refractivity contribution is -0.117. The van der Waals surface area contributed by atoms with E-state index in [4.69, 9.17) is 25.2 Å². The lowest BCUT2D eigenvalue weighted by Crippen LogP contribution is -2.26. The normalized spacial score (nSPS) is 19.2. The zero-order valence-corrected chi connectivity index (χ0v) is 27.8. The molecule has 2 aliphatic rings. The predicted molar refractivity (Wildman–Crippen MR) is 181 cm³/mol. The maximum absolute atomic E-state index is 11.0. The molecule has 0 heterocycles. The van der Waals surface area contributed by atoms with Gasteiger partial charge in [-0.05, 0) is 110 Å². The van der Waals surface area contributed by atoms with Crippen LogP contribution in [0.1, 0.15) is 90.7 Å². The van der Waals surface area contributed by atoms with Crippen molar-refractivity contribution in [3.05, 3.63) is 102 Å². The number of phenolic OH excluding ortho intramolecular Hbond substituents is 3. The van der Waals surface area contributed by atoms with Gasteiger partial charge in [0, 0.05) is 6.42 Å². The molecule has 0 spiro atoms. The molecule has 5 rings (SSSR count). The van der Waals surface area contributed by atoms with Crippen molar-refractivity contribution in [2.75, 3.05) is 0 Å². The van der Waals surface area contributed by atoms with Gasteiger partial charge in [0.2, 0.25) is 0 Å². The second kappa shape index (κ2) is 18.5. The van der Waals surface area contributed by atoms with Gasteiger partial charge in [0.1, 0.15) is 17.2 Å². The summed E-state index contributed by atoms with van der Waals surface area (Å²) in [5.41, 5.74) is 4.28. The Bertz CT molecular complexity index is 1300. The van der Waals surface area contributed by atoms with E-state index in [9.17, 15) is 9.90 Å². The van der Waals surface area contributed by atoms with Gasteiger partial charge in [-0.15, -0.1) is 0 Å². The van der Waals surface area contributed by atoms with E-state index in [1.807, 2.05) is 32.0 Å². The van der Waals surface area contributed by atoms with Crippen molar-refractivity contribution in [1.29, 1.82) is 0 Å². The summed E-state index contributed by atoms with van der Waals surface area (Å²) in [6.45, 7) is 15.4. The van der Waals surface area contributed by atoms with E-state index in [0.29, 0.717) is 35.0 Å². The van der Waals surface area contributed by atoms with Crippen LogP contribution in [-0.2, 0) is 4.79 Å². The summed E-state index contributed by atoms with van der Waals surface area (Å²) in [5, 5.41) is 40.8. The molecule has 0 bridgehead atoms. The molecule has 7 nitrogen and oxygen atoms in total. The fourth-order valence-corrected chi connectivity index (χ4v) is 6.05. The lowest BCUT2D eigenvalue weighted by Gasteiger charge is -2.39. The minimum atomic E-state index is -1.83. The van der Waals surface area contributed by atoms with Gasteiger partial charge in [0.25, 0.3) is 0 Å². The maximum Gasteiger partial charge on any atom is 0.503 e. The van der Waals surface area contributed by atoms with Crippen LogP contribution in [0, 0.1) is 23.7 Å². The summed E-state index contributed by atoms with van der Waals surface area (Å²) >= 11 is 0. The molecule has 7 heteroatoms. The number of hydrogen-bond donors (Lipinski definition) is 5. The van der Waals surface area contributed by atoms with Gasteiger partial charge in [0.15, 0.2) is 5.78 Å². The Hall–Kier alpha value is -4.26. The molecule has 45 heavy (non-hydrogen) atoms. The minimum absolute atomic E-state index is 0.204. The highest BCUT2D eigenvalue weighted by Crippen LogP contribution is 2.46. The molecule has 0 aromatic heterocycles. The number of carbonyl (C=O) groups is 2. The van der Waals surface area contributed by atoms with Crippen molar-refractivity contribution in [2.24, 2.45) is 16.7 Å². The highest BCUT2D eigenvalue weighted by molar-refractivity contribution is 5.91. The molecular formula is C38H52O7. The van der Waals surface area contributed by atoms with E-state index in [1.165, 1.54) is 30.4 Å². The Morgan fingerprint density at radius 2 is 1.22 bits per heavy atom. The first-order chi connectivity index (χ1) is 20.9. The standard InChI is InChI=1S/C16H24O.C9H14O.2C6H6O.CH2O3/c1-11-7-14(10-16(3,4)9-11)13-5-6-15(17)12(2)8-13;1-7-4-8(10)6-9(2,3)5-7;2*7-6-4-2-1-3-5-6;2-1(3)4/h5-6,8,11,14,17H,7,9-10H2,1-4H3;4H,5-6H2,1-3H3;2*1-5,7H;(H2,2,3,4). The number of benzene rings is 3. The van der Waals surface area contributed by atoms with Gasteiger partial charge in [-0.2, -0.15) is 0 Å².